The van der Waals surface area contributed by atoms with Crippen molar-refractivity contribution in [2.24, 2.45) is 0 Å². The largest absolute Gasteiger partial charge is 0.455 e. The number of halogens is 8. The van der Waals surface area contributed by atoms with E-state index in [2.05, 4.69) is 31.9 Å². The fraction of sp³-hybridized carbons (Fsp3) is 0.133. The van der Waals surface area contributed by atoms with Crippen LogP contribution in [0.4, 0.5) is 37.7 Å². The van der Waals surface area contributed by atoms with Gasteiger partial charge in [0.25, 0.3) is 0 Å². The highest BCUT2D eigenvalue weighted by Crippen LogP contribution is 2.53. The van der Waals surface area contributed by atoms with Crippen LogP contribution in [0.2, 0.25) is 0 Å². The first-order chi connectivity index (χ1) is 22.7. The Labute approximate surface area is 286 Å². The lowest BCUT2D eigenvalue weighted by Crippen LogP contribution is -2.08. The van der Waals surface area contributed by atoms with E-state index in [9.17, 15) is 56.2 Å². The first kappa shape index (κ1) is 36.8. The number of carbonyl (C=O) groups is 2. The molecule has 256 valence electrons. The number of nitrogens with zero attached hydrogens (tertiary/aromatic N) is 2. The Morgan fingerprint density at radius 3 is 1.18 bits per heavy atom. The minimum absolute atomic E-state index is 0.153. The SMILES string of the molecule is CC(=O)Oc1c(Br)c(Oc2cc(-c3ccc(C(F)(F)F)cc3)c([N+](=O)[O-])c(OC(C)=O)c2Br)cc(-c2ccc(C(F)(F)F)cc2)c1[N+](=O)[O-]. The zero-order chi connectivity index (χ0) is 36.6. The molecule has 0 N–H and O–H groups in total. The normalized spacial score (nSPS) is 11.6. The number of hydrogen-bond donors (Lipinski definition) is 0. The van der Waals surface area contributed by atoms with E-state index in [1.165, 1.54) is 0 Å². The van der Waals surface area contributed by atoms with E-state index in [-0.39, 0.29) is 20.1 Å². The number of ether oxygens (including phenoxy) is 3. The molecule has 0 aliphatic carbocycles. The molecule has 0 aliphatic heterocycles. The monoisotopic (exact) mass is 820 g/mol. The predicted octanol–water partition coefficient (Wildman–Crippen LogP) is 10.0. The second-order valence-electron chi connectivity index (χ2n) is 9.78. The molecule has 0 atom stereocenters. The maximum atomic E-state index is 13.2. The van der Waals surface area contributed by atoms with Gasteiger partial charge in [-0.05, 0) is 79.4 Å². The van der Waals surface area contributed by atoms with Crippen molar-refractivity contribution < 1.29 is 60.0 Å². The first-order valence-electron chi connectivity index (χ1n) is 13.1. The number of rotatable bonds is 8. The smallest absolute Gasteiger partial charge is 0.416 e. The summed E-state index contributed by atoms with van der Waals surface area (Å²) in [7, 11) is 0. The number of esters is 2. The minimum Gasteiger partial charge on any atom is -0.455 e. The standard InChI is InChI=1S/C30H16Br2F6N2O9/c1-13(41)47-27-23(31)21(11-19(25(27)39(43)44)15-3-7-17(8-4-15)29(33,34)35)49-22-12-20(16-5-9-18(10-6-16)30(36,37)38)26(40(45)46)28(24(22)32)48-14(2)42/h3-12H,1-2H3. The van der Waals surface area contributed by atoms with E-state index in [1.807, 2.05) is 0 Å². The highest BCUT2D eigenvalue weighted by atomic mass is 79.9. The fourth-order valence-electron chi connectivity index (χ4n) is 4.42. The summed E-state index contributed by atoms with van der Waals surface area (Å²) in [5.41, 5.74) is -4.96. The predicted molar refractivity (Wildman–Crippen MR) is 165 cm³/mol. The highest BCUT2D eigenvalue weighted by Gasteiger charge is 2.35. The molecule has 49 heavy (non-hydrogen) atoms. The molecule has 0 aliphatic rings. The lowest BCUT2D eigenvalue weighted by Gasteiger charge is -2.18. The van der Waals surface area contributed by atoms with Gasteiger partial charge >= 0.3 is 35.7 Å². The summed E-state index contributed by atoms with van der Waals surface area (Å²) in [6, 6.07) is 8.29. The van der Waals surface area contributed by atoms with Crippen molar-refractivity contribution in [2.45, 2.75) is 26.2 Å². The Morgan fingerprint density at radius 1 is 0.633 bits per heavy atom. The molecule has 4 aromatic carbocycles. The van der Waals surface area contributed by atoms with Gasteiger partial charge in [0.05, 0.1) is 32.1 Å². The van der Waals surface area contributed by atoms with Gasteiger partial charge in [0.2, 0.25) is 11.5 Å². The molecule has 0 unspecified atom stereocenters. The van der Waals surface area contributed by atoms with Crippen LogP contribution in [0.25, 0.3) is 22.3 Å². The molecule has 0 saturated carbocycles. The van der Waals surface area contributed by atoms with Crippen molar-refractivity contribution in [2.75, 3.05) is 0 Å². The molecule has 0 radical (unpaired) electrons. The molecular weight excluding hydrogens is 806 g/mol. The van der Waals surface area contributed by atoms with Crippen molar-refractivity contribution in [1.82, 2.24) is 0 Å². The number of carbonyl (C=O) groups excluding carboxylic acids is 2. The number of hydrogen-bond acceptors (Lipinski definition) is 9. The summed E-state index contributed by atoms with van der Waals surface area (Å²) < 4.78 is 94.8. The van der Waals surface area contributed by atoms with Crippen LogP contribution in [-0.2, 0) is 21.9 Å². The average Bonchev–Trinajstić information content (AvgIpc) is 2.99. The molecule has 0 aromatic heterocycles. The minimum atomic E-state index is -4.74. The van der Waals surface area contributed by atoms with E-state index in [4.69, 9.17) is 14.2 Å². The number of alkyl halides is 6. The van der Waals surface area contributed by atoms with Crippen LogP contribution in [0.3, 0.4) is 0 Å². The molecule has 0 fully saturated rings. The van der Waals surface area contributed by atoms with Crippen LogP contribution in [-0.4, -0.2) is 21.8 Å². The van der Waals surface area contributed by atoms with Gasteiger partial charge in [-0.25, -0.2) is 0 Å². The summed E-state index contributed by atoms with van der Waals surface area (Å²) in [6.07, 6.45) is -9.48. The van der Waals surface area contributed by atoms with Gasteiger partial charge in [-0.15, -0.1) is 0 Å². The van der Waals surface area contributed by atoms with Gasteiger partial charge in [-0.1, -0.05) is 24.3 Å². The van der Waals surface area contributed by atoms with Gasteiger partial charge in [0.1, 0.15) is 20.4 Å². The van der Waals surface area contributed by atoms with Crippen LogP contribution in [0.15, 0.2) is 69.6 Å². The molecule has 4 rings (SSSR count). The van der Waals surface area contributed by atoms with Crippen molar-refractivity contribution in [1.29, 1.82) is 0 Å². The molecule has 19 heteroatoms. The number of nitro benzene ring substituents is 2. The third-order valence-electron chi connectivity index (χ3n) is 6.45. The van der Waals surface area contributed by atoms with E-state index in [1.54, 1.807) is 0 Å². The van der Waals surface area contributed by atoms with Gasteiger partial charge in [-0.2, -0.15) is 26.3 Å². The van der Waals surface area contributed by atoms with Crippen molar-refractivity contribution in [3.05, 3.63) is 101 Å². The molecule has 0 amide bonds. The topological polar surface area (TPSA) is 148 Å². The van der Waals surface area contributed by atoms with Crippen LogP contribution in [0.5, 0.6) is 23.0 Å². The zero-order valence-electron chi connectivity index (χ0n) is 24.4. The summed E-state index contributed by atoms with van der Waals surface area (Å²) in [4.78, 5) is 46.5. The van der Waals surface area contributed by atoms with E-state index >= 15 is 0 Å². The Balaban J connectivity index is 2.02. The third kappa shape index (κ3) is 7.99. The van der Waals surface area contributed by atoms with Crippen LogP contribution < -0.4 is 14.2 Å². The van der Waals surface area contributed by atoms with Crippen molar-refractivity contribution >= 4 is 55.2 Å². The molecule has 0 heterocycles. The quantitative estimate of drug-likeness (QED) is 0.0557. The Kier molecular flexibility index (Phi) is 10.4. The van der Waals surface area contributed by atoms with E-state index in [0.29, 0.717) is 24.3 Å². The van der Waals surface area contributed by atoms with Crippen molar-refractivity contribution in [3.8, 4) is 45.3 Å². The van der Waals surface area contributed by atoms with Crippen LogP contribution >= 0.6 is 31.9 Å². The average molecular weight is 822 g/mol. The van der Waals surface area contributed by atoms with E-state index < -0.39 is 90.8 Å². The zero-order valence-corrected chi connectivity index (χ0v) is 27.5. The van der Waals surface area contributed by atoms with Crippen LogP contribution in [0, 0.1) is 20.2 Å². The molecule has 0 bridgehead atoms. The highest BCUT2D eigenvalue weighted by molar-refractivity contribution is 9.11. The maximum Gasteiger partial charge on any atom is 0.416 e. The summed E-state index contributed by atoms with van der Waals surface area (Å²) >= 11 is 6.14. The first-order valence-corrected chi connectivity index (χ1v) is 14.7. The summed E-state index contributed by atoms with van der Waals surface area (Å²) in [5.74, 6) is -4.36. The van der Waals surface area contributed by atoms with Crippen LogP contribution in [0.1, 0.15) is 25.0 Å². The van der Waals surface area contributed by atoms with Crippen molar-refractivity contribution in [3.63, 3.8) is 0 Å². The number of nitro groups is 2. The second-order valence-corrected chi connectivity index (χ2v) is 11.4. The van der Waals surface area contributed by atoms with Gasteiger partial charge in [0.15, 0.2) is 0 Å². The Hall–Kier alpha value is -5.04. The third-order valence-corrected chi connectivity index (χ3v) is 7.95. The molecular formula is C30H16Br2F6N2O9. The Morgan fingerprint density at radius 2 is 0.939 bits per heavy atom. The second kappa shape index (κ2) is 13.8. The fourth-order valence-corrected chi connectivity index (χ4v) is 5.35. The molecule has 0 spiro atoms. The van der Waals surface area contributed by atoms with Gasteiger partial charge in [-0.3, -0.25) is 29.8 Å². The van der Waals surface area contributed by atoms with Gasteiger partial charge in [0, 0.05) is 13.8 Å². The Bertz CT molecular complexity index is 1860. The summed E-state index contributed by atoms with van der Waals surface area (Å²) in [6.45, 7) is 1.83. The molecule has 11 nitrogen and oxygen atoms in total. The summed E-state index contributed by atoms with van der Waals surface area (Å²) in [5, 5.41) is 24.4. The lowest BCUT2D eigenvalue weighted by molar-refractivity contribution is -0.385. The lowest BCUT2D eigenvalue weighted by atomic mass is 10.0. The van der Waals surface area contributed by atoms with Gasteiger partial charge < -0.3 is 14.2 Å². The molecule has 0 saturated heterocycles. The maximum absolute atomic E-state index is 13.2. The number of benzene rings is 4. The van der Waals surface area contributed by atoms with E-state index in [0.717, 1.165) is 50.2 Å². The molecule has 4 aromatic rings.